The number of methoxy groups -OCH3 is 4. The lowest BCUT2D eigenvalue weighted by atomic mass is 9.84. The molecule has 10 nitrogen and oxygen atoms in total. The number of esters is 1. The molecular formula is C29H22N2O8. The monoisotopic (exact) mass is 526 g/mol. The molecule has 3 aromatic carbocycles. The number of hydrogen-bond acceptors (Lipinski definition) is 10. The molecule has 0 atom stereocenters. The number of Topliss-reactive ketones (excluding diaryl/α,β-unsaturated/α-hetero) is 1. The van der Waals surface area contributed by atoms with E-state index in [1.165, 1.54) is 46.6 Å². The van der Waals surface area contributed by atoms with Gasteiger partial charge in [-0.3, -0.25) is 9.59 Å². The summed E-state index contributed by atoms with van der Waals surface area (Å²) in [5.41, 5.74) is 0.355. The third kappa shape index (κ3) is 4.31. The van der Waals surface area contributed by atoms with Crippen molar-refractivity contribution < 1.29 is 38.1 Å². The quantitative estimate of drug-likeness (QED) is 0.254. The van der Waals surface area contributed by atoms with Gasteiger partial charge in [-0.1, -0.05) is 24.3 Å². The molecule has 196 valence electrons. The van der Waals surface area contributed by atoms with Gasteiger partial charge in [0.25, 0.3) is 0 Å². The molecule has 0 unspecified atom stereocenters. The number of ketones is 2. The Labute approximate surface area is 222 Å². The average molecular weight is 527 g/mol. The molecule has 0 spiro atoms. The predicted octanol–water partition coefficient (Wildman–Crippen LogP) is 4.35. The number of carbonyl (C=O) groups is 3. The molecule has 0 N–H and O–H groups in total. The summed E-state index contributed by atoms with van der Waals surface area (Å²) >= 11 is 0. The fraction of sp³-hybridized carbons (Fsp3) is 0.138. The van der Waals surface area contributed by atoms with Gasteiger partial charge in [-0.25, -0.2) is 4.79 Å². The topological polar surface area (TPSA) is 123 Å². The molecule has 4 aromatic rings. The fourth-order valence-corrected chi connectivity index (χ4v) is 4.46. The number of fused-ring (bicyclic) bond motifs is 2. The zero-order valence-corrected chi connectivity index (χ0v) is 21.4. The molecule has 0 saturated carbocycles. The second kappa shape index (κ2) is 10.3. The Kier molecular flexibility index (Phi) is 6.68. The van der Waals surface area contributed by atoms with Gasteiger partial charge < -0.3 is 23.7 Å². The van der Waals surface area contributed by atoms with Crippen LogP contribution < -0.4 is 23.7 Å². The van der Waals surface area contributed by atoms with Crippen LogP contribution in [0.2, 0.25) is 0 Å². The Balaban J connectivity index is 1.76. The van der Waals surface area contributed by atoms with Gasteiger partial charge >= 0.3 is 5.97 Å². The van der Waals surface area contributed by atoms with Crippen molar-refractivity contribution in [1.82, 2.24) is 10.2 Å². The lowest BCUT2D eigenvalue weighted by Crippen LogP contribution is -2.19. The number of carbonyl (C=O) groups excluding carboxylic acids is 3. The van der Waals surface area contributed by atoms with Gasteiger partial charge in [-0.2, -0.15) is 0 Å². The summed E-state index contributed by atoms with van der Waals surface area (Å²) in [6, 6.07) is 14.4. The molecule has 0 fully saturated rings. The molecular weight excluding hydrogens is 504 g/mol. The Hall–Kier alpha value is -5.25. The van der Waals surface area contributed by atoms with E-state index in [1.807, 2.05) is 0 Å². The zero-order chi connectivity index (χ0) is 27.7. The summed E-state index contributed by atoms with van der Waals surface area (Å²) < 4.78 is 27.5. The smallest absolute Gasteiger partial charge is 0.364 e. The Bertz CT molecular complexity index is 1680. The Morgan fingerprint density at radius 2 is 1.46 bits per heavy atom. The molecule has 10 heteroatoms. The van der Waals surface area contributed by atoms with Crippen LogP contribution in [0.5, 0.6) is 28.9 Å². The van der Waals surface area contributed by atoms with E-state index in [4.69, 9.17) is 23.7 Å². The largest absolute Gasteiger partial charge is 0.496 e. The van der Waals surface area contributed by atoms with Crippen molar-refractivity contribution in [3.8, 4) is 28.9 Å². The van der Waals surface area contributed by atoms with Crippen LogP contribution in [0, 0.1) is 0 Å². The summed E-state index contributed by atoms with van der Waals surface area (Å²) in [5, 5.41) is 8.60. The van der Waals surface area contributed by atoms with E-state index < -0.39 is 17.5 Å². The van der Waals surface area contributed by atoms with Crippen molar-refractivity contribution in [2.45, 2.75) is 0 Å². The predicted molar refractivity (Wildman–Crippen MR) is 140 cm³/mol. The van der Waals surface area contributed by atoms with Gasteiger partial charge in [0, 0.05) is 28.2 Å². The first-order valence-electron chi connectivity index (χ1n) is 11.7. The highest BCUT2D eigenvalue weighted by molar-refractivity contribution is 6.40. The summed E-state index contributed by atoms with van der Waals surface area (Å²) in [5.74, 6) is -0.578. The number of aromatic nitrogens is 2. The van der Waals surface area contributed by atoms with E-state index in [1.54, 1.807) is 42.5 Å². The van der Waals surface area contributed by atoms with Gasteiger partial charge in [0.05, 0.1) is 39.4 Å². The van der Waals surface area contributed by atoms with Crippen molar-refractivity contribution >= 4 is 33.9 Å². The van der Waals surface area contributed by atoms with Gasteiger partial charge in [-0.05, 0) is 30.3 Å². The molecule has 0 saturated heterocycles. The molecule has 1 aliphatic rings. The number of benzene rings is 3. The number of rotatable bonds is 7. The molecule has 1 aliphatic carbocycles. The SMILES string of the molecule is COc1ccc(C(=O)Oc2c(C3=CC(=O)c4cccc(OC)c4C3=O)cc(OC)c3cccc(OC)c23)nn1. The van der Waals surface area contributed by atoms with Crippen molar-refractivity contribution in [3.63, 3.8) is 0 Å². The van der Waals surface area contributed by atoms with E-state index in [2.05, 4.69) is 10.2 Å². The Morgan fingerprint density at radius 3 is 2.13 bits per heavy atom. The first-order valence-corrected chi connectivity index (χ1v) is 11.7. The summed E-state index contributed by atoms with van der Waals surface area (Å²) in [6.07, 6.45) is 1.21. The zero-order valence-electron chi connectivity index (χ0n) is 21.4. The van der Waals surface area contributed by atoms with Crippen LogP contribution >= 0.6 is 0 Å². The standard InChI is InChI=1S/C29H22N2O8/c1-35-21-9-5-7-15-20(32)13-17(27(33)25(15)21)18-14-23(37-3)16-8-6-10-22(36-2)26(16)28(18)39-29(34)19-11-12-24(38-4)31-30-19/h5-14H,1-4H3. The van der Waals surface area contributed by atoms with Crippen LogP contribution in [-0.4, -0.2) is 56.2 Å². The molecule has 39 heavy (non-hydrogen) atoms. The van der Waals surface area contributed by atoms with Crippen LogP contribution in [0.25, 0.3) is 16.3 Å². The fourth-order valence-electron chi connectivity index (χ4n) is 4.46. The molecule has 0 amide bonds. The van der Waals surface area contributed by atoms with E-state index in [-0.39, 0.29) is 45.3 Å². The second-order valence-electron chi connectivity index (χ2n) is 8.32. The minimum atomic E-state index is -0.850. The number of hydrogen-bond donors (Lipinski definition) is 0. The summed E-state index contributed by atoms with van der Waals surface area (Å²) in [4.78, 5) is 40.3. The van der Waals surface area contributed by atoms with Gasteiger partial charge in [0.15, 0.2) is 23.0 Å². The molecule has 1 aromatic heterocycles. The van der Waals surface area contributed by atoms with Gasteiger partial charge in [0.2, 0.25) is 5.88 Å². The Morgan fingerprint density at radius 1 is 0.744 bits per heavy atom. The highest BCUT2D eigenvalue weighted by Crippen LogP contribution is 2.46. The minimum Gasteiger partial charge on any atom is -0.496 e. The van der Waals surface area contributed by atoms with E-state index >= 15 is 0 Å². The van der Waals surface area contributed by atoms with Gasteiger partial charge in [-0.15, -0.1) is 10.2 Å². The summed E-state index contributed by atoms with van der Waals surface area (Å²) in [7, 11) is 5.77. The number of allylic oxidation sites excluding steroid dienone is 2. The first-order chi connectivity index (χ1) is 18.9. The highest BCUT2D eigenvalue weighted by Gasteiger charge is 2.33. The lowest BCUT2D eigenvalue weighted by Gasteiger charge is -2.22. The summed E-state index contributed by atoms with van der Waals surface area (Å²) in [6.45, 7) is 0. The maximum Gasteiger partial charge on any atom is 0.364 e. The third-order valence-electron chi connectivity index (χ3n) is 6.28. The van der Waals surface area contributed by atoms with Crippen LogP contribution in [0.3, 0.4) is 0 Å². The van der Waals surface area contributed by atoms with Crippen LogP contribution in [0.1, 0.15) is 36.8 Å². The normalized spacial score (nSPS) is 12.5. The molecule has 1 heterocycles. The van der Waals surface area contributed by atoms with Gasteiger partial charge in [0.1, 0.15) is 17.2 Å². The minimum absolute atomic E-state index is 0.00767. The highest BCUT2D eigenvalue weighted by atomic mass is 16.5. The van der Waals surface area contributed by atoms with Crippen molar-refractivity contribution in [2.75, 3.05) is 28.4 Å². The number of nitrogens with zero attached hydrogens (tertiary/aromatic N) is 2. The molecule has 0 radical (unpaired) electrons. The first kappa shape index (κ1) is 25.4. The maximum absolute atomic E-state index is 13.9. The number of ether oxygens (including phenoxy) is 5. The van der Waals surface area contributed by atoms with Crippen LogP contribution in [0.15, 0.2) is 60.7 Å². The lowest BCUT2D eigenvalue weighted by molar-refractivity contribution is 0.0728. The second-order valence-corrected chi connectivity index (χ2v) is 8.32. The molecule has 5 rings (SSSR count). The van der Waals surface area contributed by atoms with E-state index in [0.29, 0.717) is 22.3 Å². The van der Waals surface area contributed by atoms with Crippen LogP contribution in [-0.2, 0) is 0 Å². The van der Waals surface area contributed by atoms with Crippen molar-refractivity contribution in [2.24, 2.45) is 0 Å². The van der Waals surface area contributed by atoms with E-state index in [0.717, 1.165) is 0 Å². The third-order valence-corrected chi connectivity index (χ3v) is 6.28. The van der Waals surface area contributed by atoms with Crippen LogP contribution in [0.4, 0.5) is 0 Å². The van der Waals surface area contributed by atoms with E-state index in [9.17, 15) is 14.4 Å². The molecule has 0 bridgehead atoms. The molecule has 0 aliphatic heterocycles. The maximum atomic E-state index is 13.9. The van der Waals surface area contributed by atoms with Crippen molar-refractivity contribution in [3.05, 3.63) is 83.1 Å². The average Bonchev–Trinajstić information content (AvgIpc) is 2.98. The van der Waals surface area contributed by atoms with Crippen molar-refractivity contribution in [1.29, 1.82) is 0 Å².